The van der Waals surface area contributed by atoms with E-state index in [2.05, 4.69) is 9.97 Å². The molecule has 1 aromatic heterocycles. The number of carbonyl (C=O) groups is 1. The molecular formula is C14H15ClN2O3S. The molecule has 21 heavy (non-hydrogen) atoms. The van der Waals surface area contributed by atoms with E-state index >= 15 is 0 Å². The Morgan fingerprint density at radius 2 is 2.24 bits per heavy atom. The molecule has 2 aromatic rings. The van der Waals surface area contributed by atoms with Crippen molar-refractivity contribution in [3.05, 3.63) is 29.0 Å². The van der Waals surface area contributed by atoms with Crippen LogP contribution in [0.1, 0.15) is 19.2 Å². The molecule has 0 unspecified atom stereocenters. The molecule has 112 valence electrons. The predicted molar refractivity (Wildman–Crippen MR) is 82.9 cm³/mol. The van der Waals surface area contributed by atoms with E-state index in [9.17, 15) is 4.79 Å². The van der Waals surface area contributed by atoms with Gasteiger partial charge in [0.25, 0.3) is 0 Å². The van der Waals surface area contributed by atoms with Crippen LogP contribution in [-0.4, -0.2) is 33.4 Å². The minimum absolute atomic E-state index is 0.0878. The van der Waals surface area contributed by atoms with E-state index in [1.807, 2.05) is 13.0 Å². The number of rotatable bonds is 7. The molecule has 0 aliphatic rings. The molecule has 0 aliphatic carbocycles. The van der Waals surface area contributed by atoms with Crippen LogP contribution in [0.15, 0.2) is 23.2 Å². The number of nitrogens with zero attached hydrogens (tertiary/aromatic N) is 2. The van der Waals surface area contributed by atoms with Gasteiger partial charge in [0.15, 0.2) is 5.82 Å². The second-order valence-corrected chi connectivity index (χ2v) is 5.76. The van der Waals surface area contributed by atoms with Gasteiger partial charge in [0.05, 0.1) is 11.9 Å². The minimum Gasteiger partial charge on any atom is -0.481 e. The Morgan fingerprint density at radius 1 is 1.43 bits per heavy atom. The highest BCUT2D eigenvalue weighted by molar-refractivity contribution is 7.99. The first-order valence-electron chi connectivity index (χ1n) is 6.48. The van der Waals surface area contributed by atoms with Crippen LogP contribution in [0, 0.1) is 0 Å². The van der Waals surface area contributed by atoms with E-state index in [1.54, 1.807) is 12.1 Å². The molecule has 2 rings (SSSR count). The van der Waals surface area contributed by atoms with Gasteiger partial charge in [-0.3, -0.25) is 4.79 Å². The van der Waals surface area contributed by atoms with Crippen molar-refractivity contribution in [2.24, 2.45) is 0 Å². The molecule has 0 spiro atoms. The van der Waals surface area contributed by atoms with Gasteiger partial charge in [0.2, 0.25) is 0 Å². The van der Waals surface area contributed by atoms with Crippen molar-refractivity contribution < 1.29 is 14.6 Å². The first-order valence-corrected chi connectivity index (χ1v) is 7.85. The van der Waals surface area contributed by atoms with Gasteiger partial charge >= 0.3 is 5.97 Å². The van der Waals surface area contributed by atoms with Gasteiger partial charge in [-0.25, -0.2) is 9.97 Å². The molecule has 0 saturated carbocycles. The third kappa shape index (κ3) is 4.56. The molecule has 1 heterocycles. The van der Waals surface area contributed by atoms with Crippen molar-refractivity contribution in [3.8, 4) is 0 Å². The largest absolute Gasteiger partial charge is 0.481 e. The minimum atomic E-state index is -0.821. The predicted octanol–water partition coefficient (Wildman–Crippen LogP) is 3.39. The summed E-state index contributed by atoms with van der Waals surface area (Å²) in [6.45, 7) is 2.81. The summed E-state index contributed by atoms with van der Waals surface area (Å²) < 4.78 is 5.34. The molecule has 0 radical (unpaired) electrons. The van der Waals surface area contributed by atoms with Crippen molar-refractivity contribution >= 4 is 40.2 Å². The molecule has 0 bridgehead atoms. The number of carboxylic acids is 1. The summed E-state index contributed by atoms with van der Waals surface area (Å²) in [7, 11) is 0. The second kappa shape index (κ2) is 7.59. The third-order valence-corrected chi connectivity index (χ3v) is 3.89. The fraction of sp³-hybridized carbons (Fsp3) is 0.357. The van der Waals surface area contributed by atoms with E-state index in [4.69, 9.17) is 21.4 Å². The Hall–Kier alpha value is -1.37. The first kappa shape index (κ1) is 16.0. The summed E-state index contributed by atoms with van der Waals surface area (Å²) in [5, 5.41) is 11.0. The zero-order chi connectivity index (χ0) is 15.2. The van der Waals surface area contributed by atoms with Crippen molar-refractivity contribution in [1.82, 2.24) is 9.97 Å². The van der Waals surface area contributed by atoms with E-state index in [-0.39, 0.29) is 6.42 Å². The van der Waals surface area contributed by atoms with Gasteiger partial charge in [-0.05, 0) is 25.1 Å². The summed E-state index contributed by atoms with van der Waals surface area (Å²) >= 11 is 7.40. The maximum atomic E-state index is 10.6. The van der Waals surface area contributed by atoms with Gasteiger partial charge in [0.1, 0.15) is 11.6 Å². The van der Waals surface area contributed by atoms with Gasteiger partial charge in [-0.1, -0.05) is 11.6 Å². The van der Waals surface area contributed by atoms with E-state index in [1.165, 1.54) is 11.8 Å². The van der Waals surface area contributed by atoms with E-state index in [0.29, 0.717) is 29.8 Å². The maximum Gasteiger partial charge on any atom is 0.304 e. The number of thioether (sulfide) groups is 1. The Labute approximate surface area is 131 Å². The second-order valence-electron chi connectivity index (χ2n) is 4.24. The average molecular weight is 327 g/mol. The summed E-state index contributed by atoms with van der Waals surface area (Å²) in [4.78, 5) is 19.5. The van der Waals surface area contributed by atoms with Crippen molar-refractivity contribution in [2.45, 2.75) is 25.0 Å². The summed E-state index contributed by atoms with van der Waals surface area (Å²) in [6.07, 6.45) is 0.0878. The molecule has 0 saturated heterocycles. The van der Waals surface area contributed by atoms with Gasteiger partial charge in [-0.15, -0.1) is 11.8 Å². The summed E-state index contributed by atoms with van der Waals surface area (Å²) in [5.41, 5.74) is 0.741. The Bertz CT molecular complexity index is 651. The quantitative estimate of drug-likeness (QED) is 0.621. The van der Waals surface area contributed by atoms with Crippen LogP contribution in [0.4, 0.5) is 0 Å². The van der Waals surface area contributed by atoms with Crippen LogP contribution >= 0.6 is 23.4 Å². The van der Waals surface area contributed by atoms with Crippen molar-refractivity contribution in [1.29, 1.82) is 0 Å². The number of carboxylic acid groups (broad SMARTS) is 1. The highest BCUT2D eigenvalue weighted by Gasteiger charge is 2.10. The molecule has 0 aliphatic heterocycles. The van der Waals surface area contributed by atoms with Crippen LogP contribution in [0.25, 0.3) is 10.9 Å². The Morgan fingerprint density at radius 3 is 2.95 bits per heavy atom. The highest BCUT2D eigenvalue weighted by atomic mass is 35.5. The summed E-state index contributed by atoms with van der Waals surface area (Å²) in [6, 6.07) is 5.40. The van der Waals surface area contributed by atoms with Crippen LogP contribution in [-0.2, 0) is 16.1 Å². The molecule has 7 heteroatoms. The highest BCUT2D eigenvalue weighted by Crippen LogP contribution is 2.28. The molecular weight excluding hydrogens is 312 g/mol. The number of aromatic nitrogens is 2. The lowest BCUT2D eigenvalue weighted by molar-refractivity contribution is -0.136. The van der Waals surface area contributed by atoms with Crippen LogP contribution in [0.2, 0.25) is 5.02 Å². The summed E-state index contributed by atoms with van der Waals surface area (Å²) in [5.74, 6) is 0.209. The van der Waals surface area contributed by atoms with Gasteiger partial charge in [0, 0.05) is 22.8 Å². The average Bonchev–Trinajstić information content (AvgIpc) is 2.44. The number of halogens is 1. The number of aliphatic carboxylic acids is 1. The third-order valence-electron chi connectivity index (χ3n) is 2.66. The molecule has 0 atom stereocenters. The SMILES string of the molecule is CCOCc1nc(SCCC(=O)O)c2ccc(Cl)cc2n1. The lowest BCUT2D eigenvalue weighted by Gasteiger charge is -2.08. The van der Waals surface area contributed by atoms with Crippen molar-refractivity contribution in [3.63, 3.8) is 0 Å². The molecule has 0 amide bonds. The standard InChI is InChI=1S/C14H15ClN2O3S/c1-2-20-8-12-16-11-7-9(15)3-4-10(11)14(17-12)21-6-5-13(18)19/h3-4,7H,2,5-6,8H2,1H3,(H,18,19). The maximum absolute atomic E-state index is 10.6. The van der Waals surface area contributed by atoms with E-state index < -0.39 is 5.97 Å². The molecule has 0 fully saturated rings. The van der Waals surface area contributed by atoms with Gasteiger partial charge < -0.3 is 9.84 Å². The zero-order valence-corrected chi connectivity index (χ0v) is 13.1. The Balaban J connectivity index is 2.32. The van der Waals surface area contributed by atoms with Crippen LogP contribution in [0.5, 0.6) is 0 Å². The topological polar surface area (TPSA) is 72.3 Å². The van der Waals surface area contributed by atoms with E-state index in [0.717, 1.165) is 15.9 Å². The number of ether oxygens (including phenoxy) is 1. The number of hydrogen-bond acceptors (Lipinski definition) is 5. The number of benzene rings is 1. The molecule has 5 nitrogen and oxygen atoms in total. The smallest absolute Gasteiger partial charge is 0.304 e. The zero-order valence-electron chi connectivity index (χ0n) is 11.5. The normalized spacial score (nSPS) is 11.0. The first-order chi connectivity index (χ1) is 10.1. The molecule has 1 N–H and O–H groups in total. The number of fused-ring (bicyclic) bond motifs is 1. The lowest BCUT2D eigenvalue weighted by Crippen LogP contribution is -2.02. The fourth-order valence-electron chi connectivity index (χ4n) is 1.72. The van der Waals surface area contributed by atoms with Gasteiger partial charge in [-0.2, -0.15) is 0 Å². The monoisotopic (exact) mass is 326 g/mol. The lowest BCUT2D eigenvalue weighted by atomic mass is 10.2. The fourth-order valence-corrected chi connectivity index (χ4v) is 2.86. The van der Waals surface area contributed by atoms with Crippen molar-refractivity contribution in [2.75, 3.05) is 12.4 Å². The van der Waals surface area contributed by atoms with Crippen LogP contribution in [0.3, 0.4) is 0 Å². The number of hydrogen-bond donors (Lipinski definition) is 1. The molecule has 1 aromatic carbocycles. The van der Waals surface area contributed by atoms with Crippen LogP contribution < -0.4 is 0 Å². The Kier molecular flexibility index (Phi) is 5.78.